The fraction of sp³-hybridized carbons (Fsp3) is 0.438. The van der Waals surface area contributed by atoms with E-state index in [9.17, 15) is 0 Å². The molecule has 0 amide bonds. The number of nitrogens with zero attached hydrogens (tertiary/aromatic N) is 2. The van der Waals surface area contributed by atoms with Crippen molar-refractivity contribution in [1.82, 2.24) is 9.55 Å². The molecule has 2 N–H and O–H groups in total. The molecule has 3 rings (SSSR count). The van der Waals surface area contributed by atoms with Gasteiger partial charge in [-0.25, -0.2) is 4.98 Å². The third-order valence-electron chi connectivity index (χ3n) is 3.86. The van der Waals surface area contributed by atoms with Crippen molar-refractivity contribution in [2.45, 2.75) is 45.1 Å². The zero-order valence-corrected chi connectivity index (χ0v) is 12.5. The van der Waals surface area contributed by atoms with Crippen LogP contribution in [0.25, 0.3) is 5.69 Å². The number of benzene rings is 1. The van der Waals surface area contributed by atoms with Crippen molar-refractivity contribution >= 4 is 11.6 Å². The molecule has 1 atom stereocenters. The Balaban J connectivity index is 1.96. The van der Waals surface area contributed by atoms with Gasteiger partial charge in [0.05, 0.1) is 22.7 Å². The number of halogens is 1. The average Bonchev–Trinajstić information content (AvgIpc) is 2.82. The maximum Gasteiger partial charge on any atom is 0.0998 e. The highest BCUT2D eigenvalue weighted by atomic mass is 35.5. The second-order valence-electron chi connectivity index (χ2n) is 5.68. The Kier molecular flexibility index (Phi) is 3.81. The second kappa shape index (κ2) is 5.58. The number of aromatic nitrogens is 2. The lowest BCUT2D eigenvalue weighted by Crippen LogP contribution is -2.17. The Labute approximate surface area is 124 Å². The second-order valence-corrected chi connectivity index (χ2v) is 6.09. The molecule has 106 valence electrons. The molecule has 4 heteroatoms. The van der Waals surface area contributed by atoms with Gasteiger partial charge in [-0.2, -0.15) is 0 Å². The van der Waals surface area contributed by atoms with Crippen molar-refractivity contribution in [3.05, 3.63) is 46.5 Å². The molecule has 1 aliphatic rings. The number of aryl methyl sites for hydroxylation is 1. The fourth-order valence-corrected chi connectivity index (χ4v) is 3.22. The lowest BCUT2D eigenvalue weighted by Gasteiger charge is -2.15. The van der Waals surface area contributed by atoms with Crippen LogP contribution in [-0.4, -0.2) is 15.6 Å². The van der Waals surface area contributed by atoms with Gasteiger partial charge in [0.15, 0.2) is 0 Å². The molecule has 1 aliphatic carbocycles. The smallest absolute Gasteiger partial charge is 0.0998 e. The quantitative estimate of drug-likeness (QED) is 0.942. The first kappa shape index (κ1) is 13.7. The molecule has 0 saturated heterocycles. The van der Waals surface area contributed by atoms with Crippen LogP contribution in [0.15, 0.2) is 24.5 Å². The highest BCUT2D eigenvalue weighted by Gasteiger charge is 2.17. The van der Waals surface area contributed by atoms with E-state index in [1.165, 1.54) is 29.8 Å². The van der Waals surface area contributed by atoms with Crippen molar-refractivity contribution in [3.8, 4) is 5.69 Å². The van der Waals surface area contributed by atoms with Gasteiger partial charge in [-0.1, -0.05) is 17.7 Å². The largest absolute Gasteiger partial charge is 0.328 e. The summed E-state index contributed by atoms with van der Waals surface area (Å²) in [7, 11) is 0. The van der Waals surface area contributed by atoms with Crippen molar-refractivity contribution < 1.29 is 0 Å². The number of hydrogen-bond donors (Lipinski definition) is 1. The Morgan fingerprint density at radius 2 is 2.15 bits per heavy atom. The maximum absolute atomic E-state index is 6.46. The molecule has 3 nitrogen and oxygen atoms in total. The summed E-state index contributed by atoms with van der Waals surface area (Å²) in [5, 5.41) is 0.772. The molecular weight excluding hydrogens is 270 g/mol. The third kappa shape index (κ3) is 2.60. The summed E-state index contributed by atoms with van der Waals surface area (Å²) in [4.78, 5) is 4.53. The van der Waals surface area contributed by atoms with E-state index in [0.29, 0.717) is 0 Å². The summed E-state index contributed by atoms with van der Waals surface area (Å²) < 4.78 is 2.15. The van der Waals surface area contributed by atoms with Gasteiger partial charge in [0.25, 0.3) is 0 Å². The minimum atomic E-state index is 0.151. The first-order valence-corrected chi connectivity index (χ1v) is 7.62. The van der Waals surface area contributed by atoms with Crippen molar-refractivity contribution in [3.63, 3.8) is 0 Å². The van der Waals surface area contributed by atoms with Crippen LogP contribution < -0.4 is 5.73 Å². The predicted molar refractivity (Wildman–Crippen MR) is 82.6 cm³/mol. The van der Waals surface area contributed by atoms with Gasteiger partial charge in [-0.15, -0.1) is 0 Å². The summed E-state index contributed by atoms with van der Waals surface area (Å²) in [6, 6.07) is 6.37. The van der Waals surface area contributed by atoms with Gasteiger partial charge < -0.3 is 10.3 Å². The Morgan fingerprint density at radius 3 is 2.90 bits per heavy atom. The number of nitrogens with two attached hydrogens (primary N) is 1. The van der Waals surface area contributed by atoms with E-state index in [1.807, 2.05) is 19.3 Å². The van der Waals surface area contributed by atoms with E-state index >= 15 is 0 Å². The summed E-state index contributed by atoms with van der Waals surface area (Å²) >= 11 is 6.46. The van der Waals surface area contributed by atoms with Gasteiger partial charge in [0.1, 0.15) is 0 Å². The number of fused-ring (bicyclic) bond motifs is 1. The highest BCUT2D eigenvalue weighted by Crippen LogP contribution is 2.28. The van der Waals surface area contributed by atoms with Gasteiger partial charge in [-0.3, -0.25) is 0 Å². The topological polar surface area (TPSA) is 43.8 Å². The molecule has 0 saturated carbocycles. The van der Waals surface area contributed by atoms with Crippen molar-refractivity contribution in [2.24, 2.45) is 5.73 Å². The zero-order valence-electron chi connectivity index (χ0n) is 11.8. The Bertz CT molecular complexity index is 616. The molecule has 0 aliphatic heterocycles. The molecule has 1 aromatic heterocycles. The van der Waals surface area contributed by atoms with E-state index in [2.05, 4.69) is 21.7 Å². The molecule has 2 aromatic rings. The standard InChI is InChI=1S/C16H20ClN3/c1-11(18)8-12-6-7-15(13(17)9-12)20-10-19-14-4-2-3-5-16(14)20/h6-7,9-11H,2-5,8,18H2,1H3. The summed E-state index contributed by atoms with van der Waals surface area (Å²) in [5.41, 5.74) is 10.6. The highest BCUT2D eigenvalue weighted by molar-refractivity contribution is 6.32. The molecule has 1 unspecified atom stereocenters. The first-order chi connectivity index (χ1) is 9.65. The van der Waals surface area contributed by atoms with Gasteiger partial charge in [0, 0.05) is 11.7 Å². The summed E-state index contributed by atoms with van der Waals surface area (Å²) in [6.45, 7) is 2.01. The molecule has 20 heavy (non-hydrogen) atoms. The SMILES string of the molecule is CC(N)Cc1ccc(-n2cnc3c2CCCC3)c(Cl)c1. The Hall–Kier alpha value is -1.32. The van der Waals surface area contributed by atoms with Gasteiger partial charge in [0.2, 0.25) is 0 Å². The van der Waals surface area contributed by atoms with Crippen LogP contribution in [0.5, 0.6) is 0 Å². The summed E-state index contributed by atoms with van der Waals surface area (Å²) in [6.07, 6.45) is 7.41. The van der Waals surface area contributed by atoms with Gasteiger partial charge in [-0.05, 0) is 56.7 Å². The van der Waals surface area contributed by atoms with Crippen molar-refractivity contribution in [1.29, 1.82) is 0 Å². The van der Waals surface area contributed by atoms with Gasteiger partial charge >= 0.3 is 0 Å². The summed E-state index contributed by atoms with van der Waals surface area (Å²) in [5.74, 6) is 0. The van der Waals surface area contributed by atoms with E-state index < -0.39 is 0 Å². The van der Waals surface area contributed by atoms with Crippen molar-refractivity contribution in [2.75, 3.05) is 0 Å². The molecule has 1 aromatic carbocycles. The lowest BCUT2D eigenvalue weighted by atomic mass is 10.0. The molecule has 1 heterocycles. The molecule has 0 fully saturated rings. The molecular formula is C16H20ClN3. The molecule has 0 bridgehead atoms. The minimum absolute atomic E-state index is 0.151. The van der Waals surface area contributed by atoms with Crippen LogP contribution >= 0.6 is 11.6 Å². The molecule has 0 radical (unpaired) electrons. The molecule has 0 spiro atoms. The maximum atomic E-state index is 6.46. The van der Waals surface area contributed by atoms with Crippen LogP contribution in [0.2, 0.25) is 5.02 Å². The number of imidazole rings is 1. The number of rotatable bonds is 3. The Morgan fingerprint density at radius 1 is 1.35 bits per heavy atom. The average molecular weight is 290 g/mol. The monoisotopic (exact) mass is 289 g/mol. The lowest BCUT2D eigenvalue weighted by molar-refractivity contribution is 0.656. The third-order valence-corrected chi connectivity index (χ3v) is 4.16. The van der Waals surface area contributed by atoms with E-state index in [1.54, 1.807) is 0 Å². The van der Waals surface area contributed by atoms with E-state index in [-0.39, 0.29) is 6.04 Å². The first-order valence-electron chi connectivity index (χ1n) is 7.24. The van der Waals surface area contributed by atoms with Crippen LogP contribution in [0.3, 0.4) is 0 Å². The fourth-order valence-electron chi connectivity index (χ4n) is 2.92. The normalized spacial score (nSPS) is 15.9. The van der Waals surface area contributed by atoms with Crippen LogP contribution in [0.1, 0.15) is 36.7 Å². The minimum Gasteiger partial charge on any atom is -0.328 e. The van der Waals surface area contributed by atoms with Crippen LogP contribution in [0, 0.1) is 0 Å². The van der Waals surface area contributed by atoms with Crippen LogP contribution in [-0.2, 0) is 19.3 Å². The number of hydrogen-bond acceptors (Lipinski definition) is 2. The van der Waals surface area contributed by atoms with E-state index in [0.717, 1.165) is 30.0 Å². The zero-order chi connectivity index (χ0) is 14.1. The van der Waals surface area contributed by atoms with E-state index in [4.69, 9.17) is 17.3 Å². The van der Waals surface area contributed by atoms with Crippen LogP contribution in [0.4, 0.5) is 0 Å². The predicted octanol–water partition coefficient (Wildman–Crippen LogP) is 3.29.